The Bertz CT molecular complexity index is 581. The first-order valence-corrected chi connectivity index (χ1v) is 8.09. The molecule has 2 rings (SSSR count). The standard InChI is InChI=1S/C11H17N3O6S/c1-11(9(17)12-10(18)13-11)6-21(19,20)14-4-2-7(3-5-14)8(15)16/h7H,2-6H2,1H3,(H,15,16)(H2,12,13,17,18)/t11-/m0/s1. The SMILES string of the molecule is C[C@@]1(CS(=O)(=O)N2CCC(C(=O)O)CC2)NC(=O)NC1=O. The van der Waals surface area contributed by atoms with Gasteiger partial charge in [-0.1, -0.05) is 0 Å². The van der Waals surface area contributed by atoms with E-state index in [0.717, 1.165) is 0 Å². The minimum atomic E-state index is -3.77. The molecule has 3 N–H and O–H groups in total. The topological polar surface area (TPSA) is 133 Å². The maximum atomic E-state index is 12.3. The number of hydrogen-bond acceptors (Lipinski definition) is 5. The lowest BCUT2D eigenvalue weighted by molar-refractivity contribution is -0.142. The van der Waals surface area contributed by atoms with Gasteiger partial charge < -0.3 is 10.4 Å². The average molecular weight is 319 g/mol. The monoisotopic (exact) mass is 319 g/mol. The number of amides is 3. The molecule has 21 heavy (non-hydrogen) atoms. The van der Waals surface area contributed by atoms with Crippen molar-refractivity contribution in [1.29, 1.82) is 0 Å². The number of carboxylic acids is 1. The van der Waals surface area contributed by atoms with Crippen LogP contribution in [-0.4, -0.2) is 60.1 Å². The van der Waals surface area contributed by atoms with Crippen LogP contribution in [0.15, 0.2) is 0 Å². The first-order valence-electron chi connectivity index (χ1n) is 6.48. The van der Waals surface area contributed by atoms with Crippen LogP contribution in [0.5, 0.6) is 0 Å². The number of nitrogens with one attached hydrogen (secondary N) is 2. The fourth-order valence-corrected chi connectivity index (χ4v) is 4.40. The van der Waals surface area contributed by atoms with Gasteiger partial charge in [-0.15, -0.1) is 0 Å². The van der Waals surface area contributed by atoms with Crippen molar-refractivity contribution in [2.75, 3.05) is 18.8 Å². The van der Waals surface area contributed by atoms with Crippen LogP contribution < -0.4 is 10.6 Å². The Hall–Kier alpha value is -1.68. The maximum absolute atomic E-state index is 12.3. The molecule has 2 aliphatic heterocycles. The van der Waals surface area contributed by atoms with Crippen molar-refractivity contribution < 1.29 is 27.9 Å². The number of aliphatic carboxylic acids is 1. The Morgan fingerprint density at radius 3 is 2.38 bits per heavy atom. The van der Waals surface area contributed by atoms with Gasteiger partial charge in [0, 0.05) is 13.1 Å². The van der Waals surface area contributed by atoms with E-state index >= 15 is 0 Å². The number of piperidine rings is 1. The summed E-state index contributed by atoms with van der Waals surface area (Å²) in [4.78, 5) is 33.6. The molecule has 0 aliphatic carbocycles. The van der Waals surface area contributed by atoms with Gasteiger partial charge in [0.25, 0.3) is 5.91 Å². The second kappa shape index (κ2) is 5.26. The quantitative estimate of drug-likeness (QED) is 0.552. The molecule has 9 nitrogen and oxygen atoms in total. The highest BCUT2D eigenvalue weighted by Gasteiger charge is 2.47. The lowest BCUT2D eigenvalue weighted by Crippen LogP contribution is -2.53. The highest BCUT2D eigenvalue weighted by molar-refractivity contribution is 7.89. The number of carboxylic acid groups (broad SMARTS) is 1. The molecule has 3 amide bonds. The normalized spacial score (nSPS) is 28.2. The molecule has 0 saturated carbocycles. The number of carbonyl (C=O) groups excluding carboxylic acids is 2. The van der Waals surface area contributed by atoms with E-state index in [1.807, 2.05) is 5.32 Å². The number of carbonyl (C=O) groups is 3. The Morgan fingerprint density at radius 2 is 1.95 bits per heavy atom. The maximum Gasteiger partial charge on any atom is 0.322 e. The molecule has 2 aliphatic rings. The predicted molar refractivity (Wildman–Crippen MR) is 70.8 cm³/mol. The molecular weight excluding hydrogens is 302 g/mol. The van der Waals surface area contributed by atoms with Gasteiger partial charge in [-0.05, 0) is 19.8 Å². The van der Waals surface area contributed by atoms with Gasteiger partial charge in [-0.25, -0.2) is 17.5 Å². The van der Waals surface area contributed by atoms with Crippen LogP contribution in [0.1, 0.15) is 19.8 Å². The van der Waals surface area contributed by atoms with E-state index < -0.39 is 45.1 Å². The van der Waals surface area contributed by atoms with Crippen LogP contribution in [0.25, 0.3) is 0 Å². The van der Waals surface area contributed by atoms with Gasteiger partial charge in [-0.2, -0.15) is 0 Å². The largest absolute Gasteiger partial charge is 0.481 e. The predicted octanol–water partition coefficient (Wildman–Crippen LogP) is -1.29. The number of imide groups is 1. The third-order valence-corrected chi connectivity index (χ3v) is 5.88. The van der Waals surface area contributed by atoms with E-state index in [1.54, 1.807) is 0 Å². The lowest BCUT2D eigenvalue weighted by atomic mass is 9.99. The van der Waals surface area contributed by atoms with Crippen LogP contribution in [0, 0.1) is 5.92 Å². The molecule has 1 atom stereocenters. The average Bonchev–Trinajstić information content (AvgIpc) is 2.61. The zero-order valence-corrected chi connectivity index (χ0v) is 12.3. The summed E-state index contributed by atoms with van der Waals surface area (Å²) in [7, 11) is -3.77. The van der Waals surface area contributed by atoms with E-state index in [9.17, 15) is 22.8 Å². The third-order valence-electron chi connectivity index (χ3n) is 3.79. The third kappa shape index (κ3) is 3.16. The molecule has 2 fully saturated rings. The highest BCUT2D eigenvalue weighted by atomic mass is 32.2. The molecule has 2 heterocycles. The van der Waals surface area contributed by atoms with E-state index in [1.165, 1.54) is 11.2 Å². The number of sulfonamides is 1. The molecule has 0 aromatic heterocycles. The lowest BCUT2D eigenvalue weighted by Gasteiger charge is -2.31. The summed E-state index contributed by atoms with van der Waals surface area (Å²) in [5.41, 5.74) is -1.50. The van der Waals surface area contributed by atoms with Crippen molar-refractivity contribution in [1.82, 2.24) is 14.9 Å². The molecule has 0 aromatic rings. The molecule has 0 bridgehead atoms. The molecule has 10 heteroatoms. The van der Waals surface area contributed by atoms with Gasteiger partial charge in [0.2, 0.25) is 10.0 Å². The second-order valence-electron chi connectivity index (χ2n) is 5.51. The molecule has 0 radical (unpaired) electrons. The Kier molecular flexibility index (Phi) is 3.93. The first kappa shape index (κ1) is 15.7. The summed E-state index contributed by atoms with van der Waals surface area (Å²) in [6, 6.07) is -0.720. The van der Waals surface area contributed by atoms with Crippen molar-refractivity contribution in [3.8, 4) is 0 Å². The molecule has 118 valence electrons. The smallest absolute Gasteiger partial charge is 0.322 e. The van der Waals surface area contributed by atoms with Gasteiger partial charge in [0.05, 0.1) is 11.7 Å². The molecule has 0 spiro atoms. The van der Waals surface area contributed by atoms with Crippen molar-refractivity contribution in [3.05, 3.63) is 0 Å². The van der Waals surface area contributed by atoms with E-state index in [0.29, 0.717) is 0 Å². The fraction of sp³-hybridized carbons (Fsp3) is 0.727. The summed E-state index contributed by atoms with van der Waals surface area (Å²) in [5.74, 6) is -2.70. The fourth-order valence-electron chi connectivity index (χ4n) is 2.52. The Morgan fingerprint density at radius 1 is 1.38 bits per heavy atom. The van der Waals surface area contributed by atoms with Crippen molar-refractivity contribution in [2.45, 2.75) is 25.3 Å². The van der Waals surface area contributed by atoms with Crippen molar-refractivity contribution in [3.63, 3.8) is 0 Å². The summed E-state index contributed by atoms with van der Waals surface area (Å²) in [5, 5.41) is 13.2. The van der Waals surface area contributed by atoms with Gasteiger partial charge in [0.15, 0.2) is 0 Å². The van der Waals surface area contributed by atoms with Crippen LogP contribution in [0.3, 0.4) is 0 Å². The number of hydrogen-bond donors (Lipinski definition) is 3. The molecule has 0 aromatic carbocycles. The van der Waals surface area contributed by atoms with E-state index in [-0.39, 0.29) is 25.9 Å². The van der Waals surface area contributed by atoms with Crippen LogP contribution in [0.4, 0.5) is 4.79 Å². The molecular formula is C11H17N3O6S. The van der Waals surface area contributed by atoms with Crippen LogP contribution in [-0.2, 0) is 19.6 Å². The van der Waals surface area contributed by atoms with Gasteiger partial charge in [0.1, 0.15) is 5.54 Å². The summed E-state index contributed by atoms with van der Waals surface area (Å²) < 4.78 is 25.8. The van der Waals surface area contributed by atoms with Gasteiger partial charge in [-0.3, -0.25) is 14.9 Å². The van der Waals surface area contributed by atoms with Crippen LogP contribution >= 0.6 is 0 Å². The Balaban J connectivity index is 2.05. The number of nitrogens with zero attached hydrogens (tertiary/aromatic N) is 1. The van der Waals surface area contributed by atoms with Gasteiger partial charge >= 0.3 is 12.0 Å². The minimum Gasteiger partial charge on any atom is -0.481 e. The zero-order chi connectivity index (χ0) is 15.8. The summed E-state index contributed by atoms with van der Waals surface area (Å²) >= 11 is 0. The van der Waals surface area contributed by atoms with E-state index in [2.05, 4.69) is 5.32 Å². The Labute approximate surface area is 121 Å². The zero-order valence-electron chi connectivity index (χ0n) is 11.5. The molecule has 0 unspecified atom stereocenters. The minimum absolute atomic E-state index is 0.102. The summed E-state index contributed by atoms with van der Waals surface area (Å²) in [6.45, 7) is 1.55. The van der Waals surface area contributed by atoms with Crippen molar-refractivity contribution in [2.24, 2.45) is 5.92 Å². The van der Waals surface area contributed by atoms with Crippen molar-refractivity contribution >= 4 is 27.9 Å². The molecule has 2 saturated heterocycles. The second-order valence-corrected chi connectivity index (χ2v) is 7.48. The summed E-state index contributed by atoms with van der Waals surface area (Å²) in [6.07, 6.45) is 0.480. The van der Waals surface area contributed by atoms with Crippen LogP contribution in [0.2, 0.25) is 0 Å². The number of rotatable bonds is 4. The number of urea groups is 1. The van der Waals surface area contributed by atoms with E-state index in [4.69, 9.17) is 5.11 Å². The highest BCUT2D eigenvalue weighted by Crippen LogP contribution is 2.22. The first-order chi connectivity index (χ1) is 9.64.